The molecule has 1 saturated heterocycles. The summed E-state index contributed by atoms with van der Waals surface area (Å²) in [7, 11) is 1.60. The maximum atomic E-state index is 12.9. The molecule has 0 spiro atoms. The van der Waals surface area contributed by atoms with E-state index in [0.717, 1.165) is 37.2 Å². The van der Waals surface area contributed by atoms with Gasteiger partial charge in [0.2, 0.25) is 0 Å². The maximum absolute atomic E-state index is 12.9. The lowest BCUT2D eigenvalue weighted by molar-refractivity contribution is -0.139. The number of hydrogen-bond acceptors (Lipinski definition) is 5. The number of rotatable bonds is 6. The van der Waals surface area contributed by atoms with E-state index < -0.39 is 12.0 Å². The summed E-state index contributed by atoms with van der Waals surface area (Å²) >= 11 is 0. The smallest absolute Gasteiger partial charge is 0.338 e. The molecule has 7 nitrogen and oxygen atoms in total. The van der Waals surface area contributed by atoms with Crippen LogP contribution in [0.15, 0.2) is 35.5 Å². The minimum absolute atomic E-state index is 0.280. The second-order valence-electron chi connectivity index (χ2n) is 7.46. The van der Waals surface area contributed by atoms with Gasteiger partial charge < -0.3 is 20.1 Å². The molecule has 0 aliphatic carbocycles. The first kappa shape index (κ1) is 21.2. The fraction of sp³-hybridized carbons (Fsp3) is 0.545. The van der Waals surface area contributed by atoms with Crippen molar-refractivity contribution >= 4 is 12.0 Å². The number of nitrogens with zero attached hydrogens (tertiary/aromatic N) is 1. The number of likely N-dealkylation sites (tertiary alicyclic amines) is 1. The van der Waals surface area contributed by atoms with Crippen LogP contribution in [0.3, 0.4) is 0 Å². The van der Waals surface area contributed by atoms with Crippen LogP contribution < -0.4 is 15.4 Å². The van der Waals surface area contributed by atoms with Crippen molar-refractivity contribution < 1.29 is 19.1 Å². The highest BCUT2D eigenvalue weighted by atomic mass is 16.5. The number of carbonyl (C=O) groups is 2. The van der Waals surface area contributed by atoms with Gasteiger partial charge in [-0.25, -0.2) is 9.59 Å². The molecule has 2 amide bonds. The Morgan fingerprint density at radius 3 is 2.38 bits per heavy atom. The molecule has 1 fully saturated rings. The fourth-order valence-electron chi connectivity index (χ4n) is 3.93. The number of amides is 2. The van der Waals surface area contributed by atoms with Gasteiger partial charge in [-0.1, -0.05) is 31.4 Å². The number of hydrogen-bond donors (Lipinski definition) is 2. The first-order valence-electron chi connectivity index (χ1n) is 10.5. The molecule has 2 aliphatic heterocycles. The van der Waals surface area contributed by atoms with Gasteiger partial charge in [-0.05, 0) is 50.6 Å². The van der Waals surface area contributed by atoms with Crippen LogP contribution in [0.1, 0.15) is 50.6 Å². The average Bonchev–Trinajstić information content (AvgIpc) is 2.69. The summed E-state index contributed by atoms with van der Waals surface area (Å²) in [5.74, 6) is 0.319. The molecule has 2 aliphatic rings. The number of nitrogens with one attached hydrogen (secondary N) is 2. The standard InChI is InChI=1S/C22H31N3O4/c1-3-29-21(26)19-18(15-25-13-7-5-4-6-8-14-25)23-22(27)24-20(19)16-9-11-17(28-2)12-10-16/h9-12,20H,3-8,13-15H2,1-2H3,(H2,23,24,27)/t20-/m0/s1. The number of carbonyl (C=O) groups excluding carboxylic acids is 2. The lowest BCUT2D eigenvalue weighted by Gasteiger charge is -2.32. The fourth-order valence-corrected chi connectivity index (χ4v) is 3.93. The van der Waals surface area contributed by atoms with E-state index in [1.807, 2.05) is 24.3 Å². The van der Waals surface area contributed by atoms with Crippen LogP contribution in [-0.2, 0) is 9.53 Å². The summed E-state index contributed by atoms with van der Waals surface area (Å²) < 4.78 is 10.6. The molecule has 7 heteroatoms. The van der Waals surface area contributed by atoms with E-state index in [-0.39, 0.29) is 12.6 Å². The van der Waals surface area contributed by atoms with Crippen LogP contribution in [-0.4, -0.2) is 50.3 Å². The average molecular weight is 402 g/mol. The van der Waals surface area contributed by atoms with Crippen molar-refractivity contribution in [2.45, 2.75) is 45.1 Å². The molecular weight excluding hydrogens is 370 g/mol. The van der Waals surface area contributed by atoms with Gasteiger partial charge in [0, 0.05) is 12.2 Å². The lowest BCUT2D eigenvalue weighted by Crippen LogP contribution is -2.48. The van der Waals surface area contributed by atoms with Crippen molar-refractivity contribution in [3.05, 3.63) is 41.1 Å². The molecule has 1 aromatic rings. The van der Waals surface area contributed by atoms with E-state index >= 15 is 0 Å². The third-order valence-corrected chi connectivity index (χ3v) is 5.43. The normalized spacial score (nSPS) is 20.9. The van der Waals surface area contributed by atoms with E-state index in [0.29, 0.717) is 17.8 Å². The number of ether oxygens (including phenoxy) is 2. The Balaban J connectivity index is 1.93. The Bertz CT molecular complexity index is 737. The second kappa shape index (κ2) is 10.3. The van der Waals surface area contributed by atoms with Crippen LogP contribution in [0.4, 0.5) is 4.79 Å². The van der Waals surface area contributed by atoms with E-state index in [1.54, 1.807) is 14.0 Å². The summed E-state index contributed by atoms with van der Waals surface area (Å²) in [6.45, 7) is 4.54. The zero-order valence-electron chi connectivity index (χ0n) is 17.3. The largest absolute Gasteiger partial charge is 0.497 e. The molecule has 0 unspecified atom stereocenters. The van der Waals surface area contributed by atoms with Gasteiger partial charge in [0.05, 0.1) is 25.3 Å². The summed E-state index contributed by atoms with van der Waals surface area (Å²) in [4.78, 5) is 27.6. The first-order chi connectivity index (χ1) is 14.1. The summed E-state index contributed by atoms with van der Waals surface area (Å²) in [6.07, 6.45) is 6.00. The monoisotopic (exact) mass is 401 g/mol. The minimum Gasteiger partial charge on any atom is -0.497 e. The summed E-state index contributed by atoms with van der Waals surface area (Å²) in [5, 5.41) is 5.75. The Morgan fingerprint density at radius 2 is 1.76 bits per heavy atom. The molecule has 29 heavy (non-hydrogen) atoms. The van der Waals surface area contributed by atoms with Crippen LogP contribution in [0, 0.1) is 0 Å². The maximum Gasteiger partial charge on any atom is 0.338 e. The van der Waals surface area contributed by atoms with Crippen molar-refractivity contribution in [2.24, 2.45) is 0 Å². The predicted octanol–water partition coefficient (Wildman–Crippen LogP) is 3.13. The van der Waals surface area contributed by atoms with Crippen LogP contribution in [0.5, 0.6) is 5.75 Å². The van der Waals surface area contributed by atoms with Gasteiger partial charge in [-0.15, -0.1) is 0 Å². The molecule has 0 saturated carbocycles. The van der Waals surface area contributed by atoms with Crippen molar-refractivity contribution in [2.75, 3.05) is 33.4 Å². The van der Waals surface area contributed by atoms with E-state index in [1.165, 1.54) is 19.3 Å². The quantitative estimate of drug-likeness (QED) is 0.716. The van der Waals surface area contributed by atoms with Crippen molar-refractivity contribution in [1.29, 1.82) is 0 Å². The van der Waals surface area contributed by atoms with E-state index in [4.69, 9.17) is 9.47 Å². The first-order valence-corrected chi connectivity index (χ1v) is 10.5. The predicted molar refractivity (Wildman–Crippen MR) is 111 cm³/mol. The number of esters is 1. The second-order valence-corrected chi connectivity index (χ2v) is 7.46. The SMILES string of the molecule is CCOC(=O)C1=C(CN2CCCCCCC2)NC(=O)N[C@H]1c1ccc(OC)cc1. The number of benzene rings is 1. The molecule has 3 rings (SSSR count). The Labute approximate surface area is 172 Å². The Morgan fingerprint density at radius 1 is 1.10 bits per heavy atom. The zero-order chi connectivity index (χ0) is 20.6. The van der Waals surface area contributed by atoms with Gasteiger partial charge in [-0.2, -0.15) is 0 Å². The van der Waals surface area contributed by atoms with Crippen LogP contribution in [0.2, 0.25) is 0 Å². The summed E-state index contributed by atoms with van der Waals surface area (Å²) in [6, 6.07) is 6.51. The van der Waals surface area contributed by atoms with E-state index in [9.17, 15) is 9.59 Å². The molecular formula is C22H31N3O4. The molecule has 0 aromatic heterocycles. The van der Waals surface area contributed by atoms with Crippen LogP contribution >= 0.6 is 0 Å². The Kier molecular flexibility index (Phi) is 7.52. The lowest BCUT2D eigenvalue weighted by atomic mass is 9.94. The number of methoxy groups -OCH3 is 1. The van der Waals surface area contributed by atoms with Gasteiger partial charge in [-0.3, -0.25) is 4.90 Å². The van der Waals surface area contributed by atoms with Crippen molar-refractivity contribution in [1.82, 2.24) is 15.5 Å². The highest BCUT2D eigenvalue weighted by molar-refractivity contribution is 5.95. The highest BCUT2D eigenvalue weighted by Gasteiger charge is 2.34. The molecule has 0 bridgehead atoms. The van der Waals surface area contributed by atoms with Gasteiger partial charge in [0.25, 0.3) is 0 Å². The summed E-state index contributed by atoms with van der Waals surface area (Å²) in [5.41, 5.74) is 1.92. The Hall–Kier alpha value is -2.54. The molecule has 1 aromatic carbocycles. The minimum atomic E-state index is -0.557. The molecule has 2 N–H and O–H groups in total. The van der Waals surface area contributed by atoms with Gasteiger partial charge in [0.1, 0.15) is 5.75 Å². The van der Waals surface area contributed by atoms with Crippen LogP contribution in [0.25, 0.3) is 0 Å². The molecule has 158 valence electrons. The third kappa shape index (κ3) is 5.50. The topological polar surface area (TPSA) is 79.9 Å². The highest BCUT2D eigenvalue weighted by Crippen LogP contribution is 2.29. The van der Waals surface area contributed by atoms with E-state index in [2.05, 4.69) is 15.5 Å². The van der Waals surface area contributed by atoms with Gasteiger partial charge >= 0.3 is 12.0 Å². The van der Waals surface area contributed by atoms with Crippen molar-refractivity contribution in [3.8, 4) is 5.75 Å². The third-order valence-electron chi connectivity index (χ3n) is 5.43. The molecule has 0 radical (unpaired) electrons. The zero-order valence-corrected chi connectivity index (χ0v) is 17.3. The molecule has 2 heterocycles. The number of urea groups is 1. The molecule has 1 atom stereocenters. The van der Waals surface area contributed by atoms with Crippen molar-refractivity contribution in [3.63, 3.8) is 0 Å². The van der Waals surface area contributed by atoms with Gasteiger partial charge in [0.15, 0.2) is 0 Å².